The molecule has 3 heteroatoms. The molecule has 2 fully saturated rings. The minimum absolute atomic E-state index is 0.218. The summed E-state index contributed by atoms with van der Waals surface area (Å²) < 4.78 is 0. The monoisotopic (exact) mass is 194 g/mol. The van der Waals surface area contributed by atoms with Gasteiger partial charge in [-0.1, -0.05) is 6.08 Å². The van der Waals surface area contributed by atoms with E-state index in [4.69, 9.17) is 0 Å². The van der Waals surface area contributed by atoms with E-state index in [0.29, 0.717) is 11.9 Å². The van der Waals surface area contributed by atoms with Gasteiger partial charge in [-0.2, -0.15) is 0 Å². The minimum atomic E-state index is 0.218. The van der Waals surface area contributed by atoms with Crippen molar-refractivity contribution in [1.29, 1.82) is 0 Å². The lowest BCUT2D eigenvalue weighted by molar-refractivity contribution is -0.134. The molecule has 0 radical (unpaired) electrons. The predicted molar refractivity (Wildman–Crippen MR) is 55.9 cm³/mol. The Bertz CT molecular complexity index is 229. The molecule has 1 N–H and O–H groups in total. The van der Waals surface area contributed by atoms with Gasteiger partial charge in [-0.15, -0.1) is 6.58 Å². The molecular formula is C11H18N2O. The van der Waals surface area contributed by atoms with E-state index >= 15 is 0 Å². The van der Waals surface area contributed by atoms with Crippen molar-refractivity contribution in [3.63, 3.8) is 0 Å². The molecule has 0 spiro atoms. The van der Waals surface area contributed by atoms with Gasteiger partial charge in [0.25, 0.3) is 0 Å². The highest BCUT2D eigenvalue weighted by molar-refractivity contribution is 5.80. The van der Waals surface area contributed by atoms with E-state index in [1.807, 2.05) is 11.0 Å². The third-order valence-corrected chi connectivity index (χ3v) is 3.01. The standard InChI is InChI=1S/C11H18N2O/c1-2-7-13(10-3-4-10)11(14)9-5-6-12-8-9/h2,9-10,12H,1,3-8H2. The normalized spacial score (nSPS) is 26.1. The van der Waals surface area contributed by atoms with Gasteiger partial charge in [0, 0.05) is 19.1 Å². The van der Waals surface area contributed by atoms with Crippen molar-refractivity contribution >= 4 is 5.91 Å². The molecule has 1 unspecified atom stereocenters. The third-order valence-electron chi connectivity index (χ3n) is 3.01. The Hall–Kier alpha value is -0.830. The van der Waals surface area contributed by atoms with Crippen LogP contribution in [0.1, 0.15) is 19.3 Å². The van der Waals surface area contributed by atoms with E-state index in [1.165, 1.54) is 12.8 Å². The van der Waals surface area contributed by atoms with Crippen LogP contribution in [-0.4, -0.2) is 36.5 Å². The van der Waals surface area contributed by atoms with E-state index in [1.54, 1.807) is 0 Å². The number of nitrogens with one attached hydrogen (secondary N) is 1. The molecule has 2 rings (SSSR count). The second kappa shape index (κ2) is 4.13. The molecule has 14 heavy (non-hydrogen) atoms. The minimum Gasteiger partial charge on any atom is -0.336 e. The lowest BCUT2D eigenvalue weighted by Gasteiger charge is -2.23. The molecule has 1 aliphatic carbocycles. The van der Waals surface area contributed by atoms with Crippen molar-refractivity contribution in [3.05, 3.63) is 12.7 Å². The lowest BCUT2D eigenvalue weighted by atomic mass is 10.1. The van der Waals surface area contributed by atoms with Crippen molar-refractivity contribution in [2.45, 2.75) is 25.3 Å². The van der Waals surface area contributed by atoms with Crippen LogP contribution in [0, 0.1) is 5.92 Å². The summed E-state index contributed by atoms with van der Waals surface area (Å²) in [5.41, 5.74) is 0. The predicted octanol–water partition coefficient (Wildman–Crippen LogP) is 0.773. The molecule has 1 saturated heterocycles. The van der Waals surface area contributed by atoms with Gasteiger partial charge in [-0.25, -0.2) is 0 Å². The molecule has 78 valence electrons. The zero-order chi connectivity index (χ0) is 9.97. The van der Waals surface area contributed by atoms with Crippen molar-refractivity contribution < 1.29 is 4.79 Å². The summed E-state index contributed by atoms with van der Waals surface area (Å²) in [5, 5.41) is 3.24. The number of hydrogen-bond acceptors (Lipinski definition) is 2. The van der Waals surface area contributed by atoms with Crippen LogP contribution in [0.15, 0.2) is 12.7 Å². The summed E-state index contributed by atoms with van der Waals surface area (Å²) in [4.78, 5) is 14.1. The Morgan fingerprint density at radius 2 is 2.29 bits per heavy atom. The van der Waals surface area contributed by atoms with Gasteiger partial charge >= 0.3 is 0 Å². The number of rotatable bonds is 4. The molecule has 0 aromatic heterocycles. The second-order valence-electron chi connectivity index (χ2n) is 4.20. The first-order chi connectivity index (χ1) is 6.83. The molecule has 0 bridgehead atoms. The Labute approximate surface area is 85.2 Å². The highest BCUT2D eigenvalue weighted by atomic mass is 16.2. The molecule has 1 atom stereocenters. The molecule has 0 aromatic carbocycles. The van der Waals surface area contributed by atoms with Crippen LogP contribution in [0.25, 0.3) is 0 Å². The van der Waals surface area contributed by atoms with Crippen LogP contribution in [-0.2, 0) is 4.79 Å². The average molecular weight is 194 g/mol. The van der Waals surface area contributed by atoms with Crippen molar-refractivity contribution in [1.82, 2.24) is 10.2 Å². The molecule has 1 amide bonds. The number of carbonyl (C=O) groups is 1. The van der Waals surface area contributed by atoms with E-state index in [9.17, 15) is 4.79 Å². The maximum absolute atomic E-state index is 12.1. The highest BCUT2D eigenvalue weighted by Gasteiger charge is 2.35. The van der Waals surface area contributed by atoms with E-state index < -0.39 is 0 Å². The maximum Gasteiger partial charge on any atom is 0.227 e. The fraction of sp³-hybridized carbons (Fsp3) is 0.727. The lowest BCUT2D eigenvalue weighted by Crippen LogP contribution is -2.38. The third kappa shape index (κ3) is 1.98. The van der Waals surface area contributed by atoms with Gasteiger partial charge in [-0.05, 0) is 25.8 Å². The smallest absolute Gasteiger partial charge is 0.227 e. The van der Waals surface area contributed by atoms with Crippen LogP contribution in [0.4, 0.5) is 0 Å². The van der Waals surface area contributed by atoms with Gasteiger partial charge in [0.15, 0.2) is 0 Å². The van der Waals surface area contributed by atoms with E-state index in [-0.39, 0.29) is 5.92 Å². The summed E-state index contributed by atoms with van der Waals surface area (Å²) >= 11 is 0. The fourth-order valence-corrected chi connectivity index (χ4v) is 2.04. The van der Waals surface area contributed by atoms with Gasteiger partial charge in [0.05, 0.1) is 5.92 Å². The quantitative estimate of drug-likeness (QED) is 0.671. The van der Waals surface area contributed by atoms with Crippen molar-refractivity contribution in [2.24, 2.45) is 5.92 Å². The second-order valence-corrected chi connectivity index (χ2v) is 4.20. The summed E-state index contributed by atoms with van der Waals surface area (Å²) in [6.45, 7) is 6.28. The Kier molecular flexibility index (Phi) is 2.87. The molecule has 1 saturated carbocycles. The zero-order valence-electron chi connectivity index (χ0n) is 8.54. The highest BCUT2D eigenvalue weighted by Crippen LogP contribution is 2.28. The van der Waals surface area contributed by atoms with Crippen LogP contribution in [0.3, 0.4) is 0 Å². The number of nitrogens with zero attached hydrogens (tertiary/aromatic N) is 1. The molecule has 3 nitrogen and oxygen atoms in total. The fourth-order valence-electron chi connectivity index (χ4n) is 2.04. The molecule has 0 aromatic rings. The largest absolute Gasteiger partial charge is 0.336 e. The number of hydrogen-bond donors (Lipinski definition) is 1. The zero-order valence-corrected chi connectivity index (χ0v) is 8.54. The van der Waals surface area contributed by atoms with Gasteiger partial charge in [-0.3, -0.25) is 4.79 Å². The van der Waals surface area contributed by atoms with E-state index in [0.717, 1.165) is 26.1 Å². The first-order valence-electron chi connectivity index (χ1n) is 5.45. The van der Waals surface area contributed by atoms with Crippen molar-refractivity contribution in [3.8, 4) is 0 Å². The molecule has 1 heterocycles. The summed E-state index contributed by atoms with van der Waals surface area (Å²) in [6, 6.07) is 0.515. The van der Waals surface area contributed by atoms with Crippen LogP contribution >= 0.6 is 0 Å². The Morgan fingerprint density at radius 3 is 2.79 bits per heavy atom. The Morgan fingerprint density at radius 1 is 1.50 bits per heavy atom. The summed E-state index contributed by atoms with van der Waals surface area (Å²) in [7, 11) is 0. The van der Waals surface area contributed by atoms with Gasteiger partial charge < -0.3 is 10.2 Å². The van der Waals surface area contributed by atoms with Crippen molar-refractivity contribution in [2.75, 3.05) is 19.6 Å². The number of amides is 1. The summed E-state index contributed by atoms with van der Waals surface area (Å²) in [5.74, 6) is 0.549. The molecule has 1 aliphatic heterocycles. The molecular weight excluding hydrogens is 176 g/mol. The molecule has 2 aliphatic rings. The van der Waals surface area contributed by atoms with Crippen LogP contribution < -0.4 is 5.32 Å². The first-order valence-corrected chi connectivity index (χ1v) is 5.45. The van der Waals surface area contributed by atoms with E-state index in [2.05, 4.69) is 11.9 Å². The topological polar surface area (TPSA) is 32.3 Å². The van der Waals surface area contributed by atoms with Crippen LogP contribution in [0.2, 0.25) is 0 Å². The SMILES string of the molecule is C=CCN(C(=O)C1CCNC1)C1CC1. The van der Waals surface area contributed by atoms with Crippen LogP contribution in [0.5, 0.6) is 0 Å². The van der Waals surface area contributed by atoms with Gasteiger partial charge in [0.1, 0.15) is 0 Å². The first kappa shape index (κ1) is 9.71. The average Bonchev–Trinajstić information content (AvgIpc) is 2.88. The maximum atomic E-state index is 12.1. The summed E-state index contributed by atoms with van der Waals surface area (Å²) in [6.07, 6.45) is 5.19. The number of carbonyl (C=O) groups excluding carboxylic acids is 1. The Balaban J connectivity index is 1.94. The van der Waals surface area contributed by atoms with Gasteiger partial charge in [0.2, 0.25) is 5.91 Å².